The Kier molecular flexibility index (Phi) is 6.94. The number of nitrogens with one attached hydrogen (secondary N) is 1. The molecule has 1 aliphatic heterocycles. The van der Waals surface area contributed by atoms with Crippen LogP contribution in [-0.2, 0) is 13.0 Å². The third-order valence-electron chi connectivity index (χ3n) is 7.24. The number of nitrogens with zero attached hydrogens (tertiary/aromatic N) is 4. The van der Waals surface area contributed by atoms with Crippen LogP contribution in [0.5, 0.6) is 5.75 Å². The standard InChI is InChI=1S/C27H39N6O/c1-6-7-13-29-25-24-22(31-26(28)32-25)12-11-21(30-24)17-20-10-9-19(16-23(20)34-5)18-33(14-8-15-33)27(2,3)4/h9-12,16H,6-8,13-15,17-18H2,1-5H3,(H3,28,29,31,32)/q+1. The van der Waals surface area contributed by atoms with Gasteiger partial charge in [0.25, 0.3) is 0 Å². The number of fused-ring (bicyclic) bond motifs is 1. The molecule has 0 atom stereocenters. The van der Waals surface area contributed by atoms with Gasteiger partial charge in [-0.2, -0.15) is 4.98 Å². The fourth-order valence-corrected chi connectivity index (χ4v) is 4.86. The molecule has 3 heterocycles. The van der Waals surface area contributed by atoms with E-state index in [-0.39, 0.29) is 11.5 Å². The Labute approximate surface area is 203 Å². The number of unbranched alkanes of at least 4 members (excludes halogenated alkanes) is 1. The van der Waals surface area contributed by atoms with E-state index in [2.05, 4.69) is 61.2 Å². The van der Waals surface area contributed by atoms with Crippen LogP contribution in [0, 0.1) is 0 Å². The van der Waals surface area contributed by atoms with Crippen molar-refractivity contribution in [3.05, 3.63) is 47.2 Å². The van der Waals surface area contributed by atoms with Crippen molar-refractivity contribution in [1.29, 1.82) is 0 Å². The smallest absolute Gasteiger partial charge is 0.222 e. The van der Waals surface area contributed by atoms with Crippen molar-refractivity contribution in [2.75, 3.05) is 37.8 Å². The maximum atomic E-state index is 5.92. The monoisotopic (exact) mass is 463 g/mol. The van der Waals surface area contributed by atoms with Crippen LogP contribution < -0.4 is 15.8 Å². The van der Waals surface area contributed by atoms with E-state index < -0.39 is 0 Å². The van der Waals surface area contributed by atoms with E-state index in [0.717, 1.165) is 58.5 Å². The van der Waals surface area contributed by atoms with Crippen molar-refractivity contribution in [2.24, 2.45) is 0 Å². The number of hydrogen-bond acceptors (Lipinski definition) is 6. The summed E-state index contributed by atoms with van der Waals surface area (Å²) in [6.45, 7) is 13.6. The highest BCUT2D eigenvalue weighted by molar-refractivity contribution is 5.86. The minimum atomic E-state index is 0.244. The van der Waals surface area contributed by atoms with Crippen molar-refractivity contribution in [2.45, 2.75) is 65.5 Å². The quantitative estimate of drug-likeness (QED) is 0.345. The first-order chi connectivity index (χ1) is 16.2. The van der Waals surface area contributed by atoms with Crippen LogP contribution in [0.15, 0.2) is 30.3 Å². The highest BCUT2D eigenvalue weighted by Crippen LogP contribution is 2.36. The molecule has 0 radical (unpaired) electrons. The third kappa shape index (κ3) is 4.94. The number of likely N-dealkylation sites (tertiary alicyclic amines) is 1. The van der Waals surface area contributed by atoms with Gasteiger partial charge in [0, 0.05) is 36.2 Å². The Morgan fingerprint density at radius 2 is 1.88 bits per heavy atom. The molecular formula is C27H39N6O+. The van der Waals surface area contributed by atoms with Crippen LogP contribution in [-0.4, -0.2) is 51.7 Å². The first kappa shape index (κ1) is 24.2. The van der Waals surface area contributed by atoms with Crippen molar-refractivity contribution < 1.29 is 9.22 Å². The van der Waals surface area contributed by atoms with Gasteiger partial charge in [-0.1, -0.05) is 25.5 Å². The molecule has 34 heavy (non-hydrogen) atoms. The van der Waals surface area contributed by atoms with Gasteiger partial charge in [0.1, 0.15) is 17.8 Å². The average molecular weight is 464 g/mol. The fourth-order valence-electron chi connectivity index (χ4n) is 4.86. The minimum Gasteiger partial charge on any atom is -0.496 e. The SMILES string of the molecule is CCCCNc1nc(N)nc2ccc(Cc3ccc(C[N+]4(C(C)(C)C)CCC4)cc3OC)nc12. The van der Waals surface area contributed by atoms with E-state index in [4.69, 9.17) is 15.5 Å². The largest absolute Gasteiger partial charge is 0.496 e. The number of quaternary nitrogens is 1. The van der Waals surface area contributed by atoms with Crippen LogP contribution in [0.2, 0.25) is 0 Å². The number of benzene rings is 1. The van der Waals surface area contributed by atoms with Gasteiger partial charge in [-0.25, -0.2) is 9.97 Å². The predicted octanol–water partition coefficient (Wildman–Crippen LogP) is 4.94. The zero-order valence-corrected chi connectivity index (χ0v) is 21.3. The summed E-state index contributed by atoms with van der Waals surface area (Å²) in [6.07, 6.45) is 4.15. The molecule has 4 rings (SSSR count). The molecule has 0 bridgehead atoms. The molecule has 2 aromatic heterocycles. The summed E-state index contributed by atoms with van der Waals surface area (Å²) >= 11 is 0. The van der Waals surface area contributed by atoms with E-state index >= 15 is 0 Å². The zero-order chi connectivity index (χ0) is 24.3. The number of ether oxygens (including phenoxy) is 1. The molecule has 3 N–H and O–H groups in total. The number of methoxy groups -OCH3 is 1. The minimum absolute atomic E-state index is 0.244. The first-order valence-electron chi connectivity index (χ1n) is 12.4. The predicted molar refractivity (Wildman–Crippen MR) is 139 cm³/mol. The Morgan fingerprint density at radius 1 is 1.09 bits per heavy atom. The second-order valence-corrected chi connectivity index (χ2v) is 10.5. The van der Waals surface area contributed by atoms with Crippen LogP contribution in [0.25, 0.3) is 11.0 Å². The molecule has 7 nitrogen and oxygen atoms in total. The first-order valence-corrected chi connectivity index (χ1v) is 12.4. The Bertz CT molecular complexity index is 1150. The molecular weight excluding hydrogens is 424 g/mol. The lowest BCUT2D eigenvalue weighted by molar-refractivity contribution is -1.01. The topological polar surface area (TPSA) is 86.0 Å². The summed E-state index contributed by atoms with van der Waals surface area (Å²) < 4.78 is 6.95. The van der Waals surface area contributed by atoms with E-state index in [1.165, 1.54) is 25.1 Å². The molecule has 0 unspecified atom stereocenters. The van der Waals surface area contributed by atoms with Gasteiger partial charge < -0.3 is 20.3 Å². The lowest BCUT2D eigenvalue weighted by Crippen LogP contribution is -2.66. The summed E-state index contributed by atoms with van der Waals surface area (Å²) in [7, 11) is 1.75. The Balaban J connectivity index is 1.59. The molecule has 0 amide bonds. The highest BCUT2D eigenvalue weighted by Gasteiger charge is 2.45. The molecule has 0 aliphatic carbocycles. The summed E-state index contributed by atoms with van der Waals surface area (Å²) in [6, 6.07) is 10.6. The van der Waals surface area contributed by atoms with Gasteiger partial charge in [0.15, 0.2) is 5.82 Å². The average Bonchev–Trinajstić information content (AvgIpc) is 2.76. The lowest BCUT2D eigenvalue weighted by Gasteiger charge is -2.55. The maximum absolute atomic E-state index is 5.92. The number of hydrogen-bond donors (Lipinski definition) is 2. The molecule has 1 fully saturated rings. The molecule has 7 heteroatoms. The molecule has 3 aromatic rings. The van der Waals surface area contributed by atoms with Gasteiger partial charge >= 0.3 is 0 Å². The molecule has 1 aromatic carbocycles. The third-order valence-corrected chi connectivity index (χ3v) is 7.24. The van der Waals surface area contributed by atoms with Gasteiger partial charge in [0.05, 0.1) is 31.3 Å². The number of nitrogen functional groups attached to an aromatic ring is 1. The summed E-state index contributed by atoms with van der Waals surface area (Å²) in [5.41, 5.74) is 11.1. The number of anilines is 2. The van der Waals surface area contributed by atoms with E-state index in [9.17, 15) is 0 Å². The normalized spacial score (nSPS) is 15.2. The van der Waals surface area contributed by atoms with Crippen LogP contribution in [0.3, 0.4) is 0 Å². The number of aromatic nitrogens is 3. The zero-order valence-electron chi connectivity index (χ0n) is 21.3. The number of rotatable bonds is 9. The van der Waals surface area contributed by atoms with Crippen LogP contribution in [0.4, 0.5) is 11.8 Å². The van der Waals surface area contributed by atoms with Gasteiger partial charge in [-0.05, 0) is 45.4 Å². The molecule has 0 spiro atoms. The second-order valence-electron chi connectivity index (χ2n) is 10.5. The molecule has 1 saturated heterocycles. The Morgan fingerprint density at radius 3 is 2.53 bits per heavy atom. The molecule has 1 aliphatic rings. The fraction of sp³-hybridized carbons (Fsp3) is 0.519. The highest BCUT2D eigenvalue weighted by atomic mass is 16.5. The van der Waals surface area contributed by atoms with Gasteiger partial charge in [0.2, 0.25) is 5.95 Å². The van der Waals surface area contributed by atoms with Gasteiger partial charge in [-0.3, -0.25) is 0 Å². The van der Waals surface area contributed by atoms with E-state index in [1.54, 1.807) is 7.11 Å². The number of pyridine rings is 1. The van der Waals surface area contributed by atoms with E-state index in [1.807, 2.05) is 12.1 Å². The van der Waals surface area contributed by atoms with Crippen LogP contribution >= 0.6 is 0 Å². The maximum Gasteiger partial charge on any atom is 0.222 e. The van der Waals surface area contributed by atoms with E-state index in [0.29, 0.717) is 12.2 Å². The summed E-state index contributed by atoms with van der Waals surface area (Å²) in [5.74, 6) is 1.88. The van der Waals surface area contributed by atoms with Crippen molar-refractivity contribution in [3.8, 4) is 5.75 Å². The van der Waals surface area contributed by atoms with Crippen molar-refractivity contribution >= 4 is 22.8 Å². The van der Waals surface area contributed by atoms with Crippen molar-refractivity contribution in [3.63, 3.8) is 0 Å². The lowest BCUT2D eigenvalue weighted by atomic mass is 9.92. The van der Waals surface area contributed by atoms with Crippen LogP contribution in [0.1, 0.15) is 63.8 Å². The molecule has 0 saturated carbocycles. The summed E-state index contributed by atoms with van der Waals surface area (Å²) in [5, 5.41) is 3.38. The Hall–Kier alpha value is -2.93. The second kappa shape index (κ2) is 9.74. The van der Waals surface area contributed by atoms with Gasteiger partial charge in [-0.15, -0.1) is 0 Å². The molecule has 182 valence electrons. The summed E-state index contributed by atoms with van der Waals surface area (Å²) in [4.78, 5) is 13.7. The number of nitrogens with two attached hydrogens (primary N) is 1. The van der Waals surface area contributed by atoms with Crippen molar-refractivity contribution in [1.82, 2.24) is 15.0 Å².